The molecule has 4 rings (SSSR count). The molecule has 2 heterocycles. The molecule has 2 aromatic heterocycles. The normalized spacial score (nSPS) is 10.1. The van der Waals surface area contributed by atoms with E-state index in [0.717, 1.165) is 11.1 Å². The predicted molar refractivity (Wildman–Crippen MR) is 106 cm³/mol. The maximum atomic E-state index is 5.63. The summed E-state index contributed by atoms with van der Waals surface area (Å²) in [5, 5.41) is 0. The average molecular weight is 380 g/mol. The summed E-state index contributed by atoms with van der Waals surface area (Å²) in [6.45, 7) is 0. The van der Waals surface area contributed by atoms with Crippen LogP contribution in [-0.4, -0.2) is 24.2 Å². The fourth-order valence-corrected chi connectivity index (χ4v) is 2.52. The van der Waals surface area contributed by atoms with Gasteiger partial charge in [0, 0.05) is 23.5 Å². The molecule has 144 valence electrons. The summed E-state index contributed by atoms with van der Waals surface area (Å²) in [6, 6.07) is 10.8. The Labute approximate surface area is 161 Å². The van der Waals surface area contributed by atoms with Gasteiger partial charge < -0.3 is 29.8 Å². The minimum absolute atomic E-state index is 0.658. The van der Waals surface area contributed by atoms with Crippen molar-refractivity contribution in [1.82, 2.24) is 9.97 Å². The van der Waals surface area contributed by atoms with E-state index in [0.29, 0.717) is 34.4 Å². The Morgan fingerprint density at radius 1 is 0.714 bits per heavy atom. The highest BCUT2D eigenvalue weighted by atomic mass is 16.5. The maximum Gasteiger partial charge on any atom is 0.181 e. The van der Waals surface area contributed by atoms with E-state index < -0.39 is 0 Å². The van der Waals surface area contributed by atoms with Gasteiger partial charge >= 0.3 is 0 Å². The zero-order valence-electron chi connectivity index (χ0n) is 15.5. The van der Waals surface area contributed by atoms with Gasteiger partial charge in [-0.3, -0.25) is 0 Å². The number of nitrogen functional groups attached to an aromatic ring is 2. The molecule has 0 aliphatic carbocycles. The molecule has 2 aromatic carbocycles. The van der Waals surface area contributed by atoms with Crippen molar-refractivity contribution in [3.8, 4) is 34.1 Å². The molecule has 0 atom stereocenters. The first-order valence-electron chi connectivity index (χ1n) is 8.27. The third-order valence-corrected chi connectivity index (χ3v) is 3.85. The molecule has 0 fully saturated rings. The summed E-state index contributed by atoms with van der Waals surface area (Å²) >= 11 is 0. The summed E-state index contributed by atoms with van der Waals surface area (Å²) in [6.07, 6.45) is 6.03. The first-order chi connectivity index (χ1) is 13.6. The molecular weight excluding hydrogens is 360 g/mol. The van der Waals surface area contributed by atoms with Crippen molar-refractivity contribution in [2.24, 2.45) is 0 Å². The second-order valence-electron chi connectivity index (χ2n) is 5.65. The number of hydrogen-bond acceptors (Lipinski definition) is 8. The Morgan fingerprint density at radius 2 is 1.14 bits per heavy atom. The molecule has 0 bridgehead atoms. The molecule has 0 aliphatic rings. The summed E-state index contributed by atoms with van der Waals surface area (Å²) < 4.78 is 20.7. The van der Waals surface area contributed by atoms with Crippen molar-refractivity contribution < 1.29 is 18.3 Å². The van der Waals surface area contributed by atoms with Gasteiger partial charge in [0.15, 0.2) is 24.3 Å². The van der Waals surface area contributed by atoms with Crippen LogP contribution in [0.4, 0.5) is 11.4 Å². The molecule has 28 heavy (non-hydrogen) atoms. The third-order valence-electron chi connectivity index (χ3n) is 3.85. The number of rotatable bonds is 4. The summed E-state index contributed by atoms with van der Waals surface area (Å²) in [7, 11) is 3.18. The third kappa shape index (κ3) is 4.24. The average Bonchev–Trinajstić information content (AvgIpc) is 3.42. The maximum absolute atomic E-state index is 5.63. The van der Waals surface area contributed by atoms with Crippen molar-refractivity contribution >= 4 is 11.4 Å². The van der Waals surface area contributed by atoms with Gasteiger partial charge in [0.1, 0.15) is 11.5 Å². The van der Waals surface area contributed by atoms with Gasteiger partial charge in [0.2, 0.25) is 0 Å². The van der Waals surface area contributed by atoms with Gasteiger partial charge in [-0.25, -0.2) is 9.97 Å². The van der Waals surface area contributed by atoms with E-state index >= 15 is 0 Å². The highest BCUT2D eigenvalue weighted by molar-refractivity contribution is 5.69. The number of aromatic nitrogens is 2. The minimum Gasteiger partial charge on any atom is -0.496 e. The molecule has 0 unspecified atom stereocenters. The van der Waals surface area contributed by atoms with Gasteiger partial charge in [-0.2, -0.15) is 0 Å². The van der Waals surface area contributed by atoms with Crippen molar-refractivity contribution in [3.63, 3.8) is 0 Å². The number of ether oxygens (including phenoxy) is 2. The number of nitrogens with zero attached hydrogens (tertiary/aromatic N) is 2. The van der Waals surface area contributed by atoms with E-state index in [1.54, 1.807) is 50.9 Å². The van der Waals surface area contributed by atoms with Crippen molar-refractivity contribution in [2.75, 3.05) is 25.7 Å². The Balaban J connectivity index is 0.000000161. The van der Waals surface area contributed by atoms with Crippen LogP contribution in [-0.2, 0) is 0 Å². The highest BCUT2D eigenvalue weighted by Gasteiger charge is 2.09. The minimum atomic E-state index is 0.658. The smallest absolute Gasteiger partial charge is 0.181 e. The number of nitrogens with two attached hydrogens (primary N) is 2. The Kier molecular flexibility index (Phi) is 5.81. The zero-order chi connectivity index (χ0) is 19.9. The van der Waals surface area contributed by atoms with Gasteiger partial charge in [0.25, 0.3) is 0 Å². The van der Waals surface area contributed by atoms with Crippen LogP contribution >= 0.6 is 0 Å². The van der Waals surface area contributed by atoms with Gasteiger partial charge in [-0.15, -0.1) is 0 Å². The standard InChI is InChI=1S/2C10H10N2O2/c2*1-13-9-4-7(11)2-3-8(9)10-5-12-6-14-10/h2*2-6H,11H2,1H3. The first kappa shape index (κ1) is 18.8. The SMILES string of the molecule is COc1cc(N)ccc1-c1cnco1.COc1cc(N)ccc1-c1cnco1. The molecule has 4 N–H and O–H groups in total. The van der Waals surface area contributed by atoms with Gasteiger partial charge in [-0.05, 0) is 24.3 Å². The van der Waals surface area contributed by atoms with E-state index in [9.17, 15) is 0 Å². The lowest BCUT2D eigenvalue weighted by molar-refractivity contribution is 0.414. The second kappa shape index (κ2) is 8.63. The van der Waals surface area contributed by atoms with E-state index in [4.69, 9.17) is 29.8 Å². The van der Waals surface area contributed by atoms with E-state index in [1.807, 2.05) is 12.1 Å². The summed E-state index contributed by atoms with van der Waals surface area (Å²) in [4.78, 5) is 7.69. The monoisotopic (exact) mass is 380 g/mol. The Bertz CT molecular complexity index is 931. The largest absolute Gasteiger partial charge is 0.496 e. The lowest BCUT2D eigenvalue weighted by Gasteiger charge is -2.06. The van der Waals surface area contributed by atoms with Gasteiger partial charge in [-0.1, -0.05) is 0 Å². The van der Waals surface area contributed by atoms with Crippen LogP contribution < -0.4 is 20.9 Å². The van der Waals surface area contributed by atoms with Crippen LogP contribution in [0.3, 0.4) is 0 Å². The Hall–Kier alpha value is -3.94. The van der Waals surface area contributed by atoms with Crippen molar-refractivity contribution in [1.29, 1.82) is 0 Å². The molecule has 0 saturated heterocycles. The number of oxazole rings is 2. The molecular formula is C20H20N4O4. The number of anilines is 2. The fourth-order valence-electron chi connectivity index (χ4n) is 2.52. The molecule has 4 aromatic rings. The topological polar surface area (TPSA) is 123 Å². The number of benzene rings is 2. The van der Waals surface area contributed by atoms with E-state index in [2.05, 4.69) is 9.97 Å². The Morgan fingerprint density at radius 3 is 1.46 bits per heavy atom. The van der Waals surface area contributed by atoms with Crippen molar-refractivity contribution in [3.05, 3.63) is 61.6 Å². The van der Waals surface area contributed by atoms with E-state index in [1.165, 1.54) is 12.8 Å². The summed E-state index contributed by atoms with van der Waals surface area (Å²) in [5.41, 5.74) is 14.3. The molecule has 8 nitrogen and oxygen atoms in total. The zero-order valence-corrected chi connectivity index (χ0v) is 15.5. The van der Waals surface area contributed by atoms with Crippen LogP contribution in [0.1, 0.15) is 0 Å². The van der Waals surface area contributed by atoms with Crippen LogP contribution in [0, 0.1) is 0 Å². The second-order valence-corrected chi connectivity index (χ2v) is 5.65. The van der Waals surface area contributed by atoms with Crippen LogP contribution in [0.25, 0.3) is 22.6 Å². The number of hydrogen-bond donors (Lipinski definition) is 2. The summed E-state index contributed by atoms with van der Waals surface area (Å²) in [5.74, 6) is 2.70. The number of methoxy groups -OCH3 is 2. The predicted octanol–water partition coefficient (Wildman–Crippen LogP) is 3.86. The molecule has 8 heteroatoms. The van der Waals surface area contributed by atoms with Gasteiger partial charge in [0.05, 0.1) is 37.7 Å². The van der Waals surface area contributed by atoms with Crippen LogP contribution in [0.2, 0.25) is 0 Å². The molecule has 0 aliphatic heterocycles. The first-order valence-corrected chi connectivity index (χ1v) is 8.27. The molecule has 0 radical (unpaired) electrons. The van der Waals surface area contributed by atoms with Crippen molar-refractivity contribution in [2.45, 2.75) is 0 Å². The molecule has 0 spiro atoms. The highest BCUT2D eigenvalue weighted by Crippen LogP contribution is 2.32. The quantitative estimate of drug-likeness (QED) is 0.512. The lowest BCUT2D eigenvalue weighted by atomic mass is 10.1. The van der Waals surface area contributed by atoms with E-state index in [-0.39, 0.29) is 0 Å². The molecule has 0 amide bonds. The van der Waals surface area contributed by atoms with Crippen LogP contribution in [0.5, 0.6) is 11.5 Å². The van der Waals surface area contributed by atoms with Crippen LogP contribution in [0.15, 0.2) is 70.4 Å². The fraction of sp³-hybridized carbons (Fsp3) is 0.100. The molecule has 0 saturated carbocycles. The lowest BCUT2D eigenvalue weighted by Crippen LogP contribution is -1.90.